The summed E-state index contributed by atoms with van der Waals surface area (Å²) >= 11 is 1.24. The Morgan fingerprint density at radius 2 is 2.22 bits per heavy atom. The molecule has 1 aliphatic rings. The molecule has 1 aliphatic heterocycles. The number of amides is 2. The van der Waals surface area contributed by atoms with Crippen molar-refractivity contribution in [3.8, 4) is 0 Å². The number of nitrogens with zero attached hydrogens (tertiary/aromatic N) is 3. The number of rotatable bonds is 7. The number of hydrogen-bond donors (Lipinski definition) is 1. The van der Waals surface area contributed by atoms with Crippen LogP contribution in [0.15, 0.2) is 29.8 Å². The van der Waals surface area contributed by atoms with Gasteiger partial charge in [-0.1, -0.05) is 6.07 Å². The number of aromatic nitrogens is 2. The topological polar surface area (TPSA) is 101 Å². The zero-order valence-corrected chi connectivity index (χ0v) is 15.7. The number of thiazole rings is 1. The van der Waals surface area contributed by atoms with Crippen molar-refractivity contribution < 1.29 is 19.1 Å². The van der Waals surface area contributed by atoms with Crippen LogP contribution in [0.25, 0.3) is 0 Å². The van der Waals surface area contributed by atoms with E-state index in [4.69, 9.17) is 4.74 Å². The zero-order chi connectivity index (χ0) is 19.2. The van der Waals surface area contributed by atoms with E-state index >= 15 is 0 Å². The van der Waals surface area contributed by atoms with E-state index in [1.165, 1.54) is 11.3 Å². The van der Waals surface area contributed by atoms with Gasteiger partial charge in [0.1, 0.15) is 0 Å². The molecule has 1 fully saturated rings. The smallest absolute Gasteiger partial charge is 0.311 e. The number of carbonyl (C=O) groups excluding carboxylic acids is 3. The van der Waals surface area contributed by atoms with Crippen molar-refractivity contribution in [2.75, 3.05) is 18.5 Å². The second-order valence-corrected chi connectivity index (χ2v) is 6.97. The van der Waals surface area contributed by atoms with Gasteiger partial charge in [-0.15, -0.1) is 11.3 Å². The molecule has 0 aliphatic carbocycles. The molecule has 1 unspecified atom stereocenters. The van der Waals surface area contributed by atoms with Crippen LogP contribution in [0.1, 0.15) is 24.7 Å². The van der Waals surface area contributed by atoms with E-state index in [1.807, 2.05) is 18.2 Å². The van der Waals surface area contributed by atoms with E-state index in [2.05, 4.69) is 15.3 Å². The van der Waals surface area contributed by atoms with Crippen LogP contribution in [0.3, 0.4) is 0 Å². The molecule has 8 nitrogen and oxygen atoms in total. The maximum absolute atomic E-state index is 12.5. The third-order valence-corrected chi connectivity index (χ3v) is 4.88. The summed E-state index contributed by atoms with van der Waals surface area (Å²) in [6.07, 6.45) is 1.91. The van der Waals surface area contributed by atoms with E-state index in [0.717, 1.165) is 5.69 Å². The number of pyridine rings is 1. The lowest BCUT2D eigenvalue weighted by atomic mass is 10.1. The number of nitrogens with one attached hydrogen (secondary N) is 1. The Bertz CT molecular complexity index is 824. The molecule has 1 atom stereocenters. The highest BCUT2D eigenvalue weighted by Gasteiger charge is 2.34. The Labute approximate surface area is 160 Å². The quantitative estimate of drug-likeness (QED) is 0.724. The summed E-state index contributed by atoms with van der Waals surface area (Å²) in [5.41, 5.74) is 1.34. The third-order valence-electron chi connectivity index (χ3n) is 4.08. The molecule has 0 aromatic carbocycles. The molecule has 3 rings (SSSR count). The molecule has 27 heavy (non-hydrogen) atoms. The van der Waals surface area contributed by atoms with Gasteiger partial charge < -0.3 is 15.0 Å². The van der Waals surface area contributed by atoms with Crippen LogP contribution in [0.2, 0.25) is 0 Å². The van der Waals surface area contributed by atoms with E-state index in [9.17, 15) is 14.4 Å². The number of likely N-dealkylation sites (tertiary alicyclic amines) is 1. The average molecular weight is 388 g/mol. The van der Waals surface area contributed by atoms with Gasteiger partial charge in [0.2, 0.25) is 11.8 Å². The molecule has 1 N–H and O–H groups in total. The molecule has 2 aromatic rings. The van der Waals surface area contributed by atoms with Gasteiger partial charge in [-0.2, -0.15) is 0 Å². The average Bonchev–Trinajstić information content (AvgIpc) is 3.23. The van der Waals surface area contributed by atoms with Crippen LogP contribution in [-0.2, 0) is 32.1 Å². The van der Waals surface area contributed by atoms with E-state index < -0.39 is 5.92 Å². The maximum Gasteiger partial charge on any atom is 0.311 e. The largest absolute Gasteiger partial charge is 0.466 e. The number of anilines is 1. The van der Waals surface area contributed by atoms with Gasteiger partial charge in [-0.3, -0.25) is 19.4 Å². The van der Waals surface area contributed by atoms with Crippen molar-refractivity contribution >= 4 is 34.3 Å². The van der Waals surface area contributed by atoms with Gasteiger partial charge in [0.25, 0.3) is 0 Å². The molecule has 142 valence electrons. The fraction of sp³-hybridized carbons (Fsp3) is 0.389. The van der Waals surface area contributed by atoms with E-state index in [1.54, 1.807) is 23.4 Å². The minimum atomic E-state index is -0.432. The van der Waals surface area contributed by atoms with Crippen LogP contribution >= 0.6 is 11.3 Å². The second kappa shape index (κ2) is 8.72. The van der Waals surface area contributed by atoms with E-state index in [-0.39, 0.29) is 30.6 Å². The highest BCUT2D eigenvalue weighted by atomic mass is 32.1. The van der Waals surface area contributed by atoms with Gasteiger partial charge in [-0.05, 0) is 19.1 Å². The second-order valence-electron chi connectivity index (χ2n) is 6.11. The minimum Gasteiger partial charge on any atom is -0.466 e. The molecule has 1 saturated heterocycles. The fourth-order valence-corrected chi connectivity index (χ4v) is 3.51. The summed E-state index contributed by atoms with van der Waals surface area (Å²) in [7, 11) is 0. The lowest BCUT2D eigenvalue weighted by molar-refractivity contribution is -0.142. The molecule has 2 aromatic heterocycles. The van der Waals surface area contributed by atoms with Crippen molar-refractivity contribution in [3.63, 3.8) is 0 Å². The first-order valence-electron chi connectivity index (χ1n) is 8.63. The first kappa shape index (κ1) is 19.0. The molecule has 9 heteroatoms. The summed E-state index contributed by atoms with van der Waals surface area (Å²) in [5.74, 6) is -1.10. The summed E-state index contributed by atoms with van der Waals surface area (Å²) in [4.78, 5) is 46.2. The molecule has 0 bridgehead atoms. The van der Waals surface area contributed by atoms with Crippen molar-refractivity contribution in [3.05, 3.63) is 41.2 Å². The van der Waals surface area contributed by atoms with Crippen molar-refractivity contribution in [2.45, 2.75) is 26.3 Å². The maximum atomic E-state index is 12.5. The normalized spacial score (nSPS) is 16.4. The van der Waals surface area contributed by atoms with Crippen LogP contribution in [0.4, 0.5) is 5.13 Å². The predicted octanol–water partition coefficient (Wildman–Crippen LogP) is 1.63. The first-order valence-corrected chi connectivity index (χ1v) is 9.51. The van der Waals surface area contributed by atoms with Crippen LogP contribution < -0.4 is 5.32 Å². The SMILES string of the molecule is CCOC(=O)Cc1csc(NC(=O)C2CC(=O)N(Cc3ccccn3)C2)n1. The number of carbonyl (C=O) groups is 3. The Balaban J connectivity index is 1.53. The summed E-state index contributed by atoms with van der Waals surface area (Å²) in [6, 6.07) is 5.53. The minimum absolute atomic E-state index is 0.0667. The van der Waals surface area contributed by atoms with E-state index in [0.29, 0.717) is 30.5 Å². The van der Waals surface area contributed by atoms with Crippen molar-refractivity contribution in [2.24, 2.45) is 5.92 Å². The fourth-order valence-electron chi connectivity index (χ4n) is 2.80. The zero-order valence-electron chi connectivity index (χ0n) is 14.9. The Morgan fingerprint density at radius 3 is 2.96 bits per heavy atom. The molecular formula is C18H20N4O4S. The summed E-state index contributed by atoms with van der Waals surface area (Å²) in [6.45, 7) is 2.80. The van der Waals surface area contributed by atoms with Gasteiger partial charge in [0, 0.05) is 24.5 Å². The Kier molecular flexibility index (Phi) is 6.12. The van der Waals surface area contributed by atoms with Gasteiger partial charge in [-0.25, -0.2) is 4.98 Å². The van der Waals surface area contributed by atoms with Crippen molar-refractivity contribution in [1.82, 2.24) is 14.9 Å². The Morgan fingerprint density at radius 1 is 1.37 bits per heavy atom. The first-order chi connectivity index (χ1) is 13.0. The highest BCUT2D eigenvalue weighted by molar-refractivity contribution is 7.13. The lowest BCUT2D eigenvalue weighted by Crippen LogP contribution is -2.28. The summed E-state index contributed by atoms with van der Waals surface area (Å²) < 4.78 is 4.88. The molecule has 3 heterocycles. The number of ether oxygens (including phenoxy) is 1. The summed E-state index contributed by atoms with van der Waals surface area (Å²) in [5, 5.41) is 4.86. The number of hydrogen-bond acceptors (Lipinski definition) is 7. The monoisotopic (exact) mass is 388 g/mol. The van der Waals surface area contributed by atoms with Gasteiger partial charge in [0.15, 0.2) is 5.13 Å². The molecular weight excluding hydrogens is 368 g/mol. The van der Waals surface area contributed by atoms with Crippen LogP contribution in [0.5, 0.6) is 0 Å². The lowest BCUT2D eigenvalue weighted by Gasteiger charge is -2.15. The molecule has 0 radical (unpaired) electrons. The predicted molar refractivity (Wildman–Crippen MR) is 98.8 cm³/mol. The van der Waals surface area contributed by atoms with Gasteiger partial charge in [0.05, 0.1) is 36.9 Å². The molecule has 0 saturated carbocycles. The van der Waals surface area contributed by atoms with Crippen LogP contribution in [0, 0.1) is 5.92 Å². The van der Waals surface area contributed by atoms with Gasteiger partial charge >= 0.3 is 5.97 Å². The highest BCUT2D eigenvalue weighted by Crippen LogP contribution is 2.23. The molecule has 2 amide bonds. The van der Waals surface area contributed by atoms with Crippen LogP contribution in [-0.4, -0.2) is 45.8 Å². The Hall–Kier alpha value is -2.81. The third kappa shape index (κ3) is 5.10. The standard InChI is InChI=1S/C18H20N4O4S/c1-2-26-16(24)8-14-11-27-18(20-14)21-17(25)12-7-15(23)22(9-12)10-13-5-3-4-6-19-13/h3-6,11-12H,2,7-10H2,1H3,(H,20,21,25). The number of esters is 1. The van der Waals surface area contributed by atoms with Crippen molar-refractivity contribution in [1.29, 1.82) is 0 Å². The molecule has 0 spiro atoms.